The number of nitrogens with zero attached hydrogens (tertiary/aromatic N) is 6. The highest BCUT2D eigenvalue weighted by Crippen LogP contribution is 2.55. The van der Waals surface area contributed by atoms with Crippen molar-refractivity contribution in [2.75, 3.05) is 16.8 Å². The van der Waals surface area contributed by atoms with Crippen LogP contribution < -0.4 is 9.80 Å². The van der Waals surface area contributed by atoms with E-state index in [1.807, 2.05) is 48.7 Å². The molecule has 60 heavy (non-hydrogen) atoms. The molecule has 0 radical (unpaired) electrons. The Morgan fingerprint density at radius 2 is 0.783 bits per heavy atom. The zero-order valence-corrected chi connectivity index (χ0v) is 32.9. The summed E-state index contributed by atoms with van der Waals surface area (Å²) in [6.07, 6.45) is 1.82. The molecular weight excluding hydrogens is 733 g/mol. The minimum absolute atomic E-state index is 0.0700. The van der Waals surface area contributed by atoms with Gasteiger partial charge in [0.2, 0.25) is 0 Å². The van der Waals surface area contributed by atoms with E-state index >= 15 is 0 Å². The van der Waals surface area contributed by atoms with Crippen LogP contribution in [0.5, 0.6) is 0 Å². The number of anilines is 3. The van der Waals surface area contributed by atoms with Gasteiger partial charge in [0.05, 0.1) is 16.9 Å². The zero-order valence-electron chi connectivity index (χ0n) is 32.9. The van der Waals surface area contributed by atoms with Crippen molar-refractivity contribution in [3.63, 3.8) is 0 Å². The Hall–Kier alpha value is -7.96. The highest BCUT2D eigenvalue weighted by atomic mass is 15.4. The lowest BCUT2D eigenvalue weighted by Gasteiger charge is -2.31. The van der Waals surface area contributed by atoms with Gasteiger partial charge in [0.1, 0.15) is 6.17 Å². The fourth-order valence-electron chi connectivity index (χ4n) is 8.66. The van der Waals surface area contributed by atoms with E-state index in [4.69, 9.17) is 19.9 Å². The quantitative estimate of drug-likeness (QED) is 0.150. The van der Waals surface area contributed by atoms with E-state index in [9.17, 15) is 0 Å². The van der Waals surface area contributed by atoms with E-state index < -0.39 is 0 Å². The Bertz CT molecular complexity index is 3140. The third-order valence-corrected chi connectivity index (χ3v) is 11.6. The molecular formula is C54H38N6. The summed E-state index contributed by atoms with van der Waals surface area (Å²) in [6, 6.07) is 70.0. The van der Waals surface area contributed by atoms with Crippen LogP contribution in [-0.4, -0.2) is 27.0 Å². The van der Waals surface area contributed by atoms with Crippen molar-refractivity contribution in [2.24, 2.45) is 0 Å². The number of benzene rings is 8. The van der Waals surface area contributed by atoms with Crippen molar-refractivity contribution in [1.82, 2.24) is 19.9 Å². The fourth-order valence-corrected chi connectivity index (χ4v) is 8.66. The molecule has 0 N–H and O–H groups in total. The second kappa shape index (κ2) is 14.8. The minimum Gasteiger partial charge on any atom is -0.348 e. The first-order valence-corrected chi connectivity index (χ1v) is 20.2. The largest absolute Gasteiger partial charge is 0.348 e. The normalized spacial score (nSPS) is 13.5. The molecule has 0 bridgehead atoms. The summed E-state index contributed by atoms with van der Waals surface area (Å²) in [4.78, 5) is 24.7. The molecule has 0 aliphatic carbocycles. The van der Waals surface area contributed by atoms with E-state index in [-0.39, 0.29) is 6.17 Å². The topological polar surface area (TPSA) is 58.0 Å². The van der Waals surface area contributed by atoms with E-state index in [0.29, 0.717) is 17.5 Å². The maximum absolute atomic E-state index is 5.02. The second-order valence-electron chi connectivity index (χ2n) is 15.1. The van der Waals surface area contributed by atoms with Crippen LogP contribution in [0.4, 0.5) is 17.1 Å². The molecule has 11 rings (SSSR count). The van der Waals surface area contributed by atoms with Gasteiger partial charge in [0.25, 0.3) is 0 Å². The predicted octanol–water partition coefficient (Wildman–Crippen LogP) is 13.2. The molecule has 0 spiro atoms. The Morgan fingerprint density at radius 1 is 0.367 bits per heavy atom. The first-order chi connectivity index (χ1) is 29.7. The van der Waals surface area contributed by atoms with Crippen molar-refractivity contribution in [2.45, 2.75) is 6.17 Å². The van der Waals surface area contributed by atoms with Gasteiger partial charge in [-0.05, 0) is 52.1 Å². The SMILES string of the molecule is CN1c2c(c3cccnc3c3ccccc23)N(c2ccccc2)C1c1ccc(-c2ccc(-c3nc(-c4ccccc4)nc(-c4ccc(-c5ccccc5)cc4)n3)cc2)cc1. The molecule has 1 unspecified atom stereocenters. The van der Waals surface area contributed by atoms with Gasteiger partial charge in [-0.3, -0.25) is 4.98 Å². The lowest BCUT2D eigenvalue weighted by molar-refractivity contribution is 0.720. The van der Waals surface area contributed by atoms with Crippen LogP contribution >= 0.6 is 0 Å². The van der Waals surface area contributed by atoms with Crippen molar-refractivity contribution < 1.29 is 0 Å². The van der Waals surface area contributed by atoms with Crippen molar-refractivity contribution >= 4 is 38.7 Å². The molecule has 3 heterocycles. The van der Waals surface area contributed by atoms with Crippen molar-refractivity contribution in [3.8, 4) is 56.4 Å². The van der Waals surface area contributed by atoms with Crippen LogP contribution in [0.15, 0.2) is 206 Å². The number of aromatic nitrogens is 4. The lowest BCUT2D eigenvalue weighted by atomic mass is 10.0. The van der Waals surface area contributed by atoms with E-state index in [2.05, 4.69) is 175 Å². The predicted molar refractivity (Wildman–Crippen MR) is 246 cm³/mol. The molecule has 0 fully saturated rings. The summed E-state index contributed by atoms with van der Waals surface area (Å²) in [5.41, 5.74) is 13.1. The van der Waals surface area contributed by atoms with Crippen LogP contribution in [0.2, 0.25) is 0 Å². The number of hydrogen-bond donors (Lipinski definition) is 0. The molecule has 0 saturated heterocycles. The summed E-state index contributed by atoms with van der Waals surface area (Å²) < 4.78 is 0. The van der Waals surface area contributed by atoms with Crippen LogP contribution in [0, 0.1) is 0 Å². The number of hydrogen-bond acceptors (Lipinski definition) is 6. The number of pyridine rings is 1. The summed E-state index contributed by atoms with van der Waals surface area (Å²) >= 11 is 0. The number of rotatable bonds is 7. The molecule has 284 valence electrons. The Balaban J connectivity index is 0.935. The first-order valence-electron chi connectivity index (χ1n) is 20.2. The van der Waals surface area contributed by atoms with Crippen LogP contribution in [0.25, 0.3) is 78.1 Å². The summed E-state index contributed by atoms with van der Waals surface area (Å²) in [6.45, 7) is 0. The van der Waals surface area contributed by atoms with Crippen LogP contribution in [-0.2, 0) is 0 Å². The standard InChI is InChI=1S/C54H38N6/c1-59-49-46-21-12-11-20-45(46)48-47(22-13-35-55-48)50(49)60(44-18-9-4-10-19-44)54(59)43-33-27-39(28-34-43)38-25-31-42(32-26-38)53-57-51(40-16-7-3-8-17-40)56-52(58-53)41-29-23-37(24-30-41)36-14-5-2-6-15-36/h2-35,54H,1H3. The van der Waals surface area contributed by atoms with E-state index in [0.717, 1.165) is 55.4 Å². The van der Waals surface area contributed by atoms with Gasteiger partial charge in [0.15, 0.2) is 17.5 Å². The smallest absolute Gasteiger partial charge is 0.164 e. The van der Waals surface area contributed by atoms with E-state index in [1.165, 1.54) is 27.9 Å². The van der Waals surface area contributed by atoms with Gasteiger partial charge in [-0.1, -0.05) is 176 Å². The van der Waals surface area contributed by atoms with Gasteiger partial charge in [-0.2, -0.15) is 0 Å². The molecule has 8 aromatic carbocycles. The Labute approximate surface area is 348 Å². The number of fused-ring (bicyclic) bond motifs is 6. The first kappa shape index (κ1) is 35.2. The van der Waals surface area contributed by atoms with Gasteiger partial charge in [0, 0.05) is 51.8 Å². The summed E-state index contributed by atoms with van der Waals surface area (Å²) in [5, 5.41) is 3.50. The highest BCUT2D eigenvalue weighted by Gasteiger charge is 2.39. The average Bonchev–Trinajstić information content (AvgIpc) is 3.65. The monoisotopic (exact) mass is 770 g/mol. The minimum atomic E-state index is -0.0700. The molecule has 6 heteroatoms. The van der Waals surface area contributed by atoms with Crippen LogP contribution in [0.3, 0.4) is 0 Å². The molecule has 1 atom stereocenters. The van der Waals surface area contributed by atoms with Crippen molar-refractivity contribution in [3.05, 3.63) is 212 Å². The number of para-hydroxylation sites is 1. The van der Waals surface area contributed by atoms with E-state index in [1.54, 1.807) is 0 Å². The van der Waals surface area contributed by atoms with Gasteiger partial charge in [-0.25, -0.2) is 15.0 Å². The maximum Gasteiger partial charge on any atom is 0.164 e. The molecule has 1 aliphatic heterocycles. The molecule has 6 nitrogen and oxygen atoms in total. The third kappa shape index (κ3) is 6.14. The van der Waals surface area contributed by atoms with Crippen LogP contribution in [0.1, 0.15) is 11.7 Å². The molecule has 0 amide bonds. The van der Waals surface area contributed by atoms with Gasteiger partial charge < -0.3 is 9.80 Å². The Kier molecular flexibility index (Phi) is 8.67. The average molecular weight is 771 g/mol. The second-order valence-corrected chi connectivity index (χ2v) is 15.1. The zero-order chi connectivity index (χ0) is 40.0. The van der Waals surface area contributed by atoms with Crippen molar-refractivity contribution in [1.29, 1.82) is 0 Å². The lowest BCUT2D eigenvalue weighted by Crippen LogP contribution is -2.30. The highest BCUT2D eigenvalue weighted by molar-refractivity contribution is 6.21. The summed E-state index contributed by atoms with van der Waals surface area (Å²) in [5.74, 6) is 1.91. The third-order valence-electron chi connectivity index (χ3n) is 11.6. The summed E-state index contributed by atoms with van der Waals surface area (Å²) in [7, 11) is 2.21. The Morgan fingerprint density at radius 3 is 1.35 bits per heavy atom. The van der Waals surface area contributed by atoms with Gasteiger partial charge >= 0.3 is 0 Å². The fraction of sp³-hybridized carbons (Fsp3) is 0.0370. The molecule has 10 aromatic rings. The molecule has 2 aromatic heterocycles. The molecule has 1 aliphatic rings. The maximum atomic E-state index is 5.02. The van der Waals surface area contributed by atoms with Gasteiger partial charge in [-0.15, -0.1) is 0 Å². The molecule has 0 saturated carbocycles.